The Morgan fingerprint density at radius 3 is 2.40 bits per heavy atom. The van der Waals surface area contributed by atoms with Gasteiger partial charge in [0.2, 0.25) is 0 Å². The van der Waals surface area contributed by atoms with Crippen LogP contribution in [0.3, 0.4) is 0 Å². The molecule has 0 radical (unpaired) electrons. The van der Waals surface area contributed by atoms with Crippen LogP contribution in [0, 0.1) is 0 Å². The monoisotopic (exact) mass is 259 g/mol. The minimum atomic E-state index is 0.822. The van der Waals surface area contributed by atoms with Gasteiger partial charge in [0.15, 0.2) is 0 Å². The molecule has 0 saturated heterocycles. The lowest BCUT2D eigenvalue weighted by molar-refractivity contribution is 1.36. The molecule has 0 atom stereocenters. The van der Waals surface area contributed by atoms with Gasteiger partial charge in [-0.1, -0.05) is 78.9 Å². The molecule has 0 bridgehead atoms. The van der Waals surface area contributed by atoms with Crippen LogP contribution >= 0.6 is 0 Å². The molecule has 3 aromatic carbocycles. The van der Waals surface area contributed by atoms with E-state index in [1.165, 1.54) is 22.0 Å². The van der Waals surface area contributed by atoms with Gasteiger partial charge in [-0.05, 0) is 17.0 Å². The van der Waals surface area contributed by atoms with Gasteiger partial charge in [-0.15, -0.1) is 0 Å². The highest BCUT2D eigenvalue weighted by Crippen LogP contribution is 2.22. The zero-order chi connectivity index (χ0) is 13.6. The van der Waals surface area contributed by atoms with Gasteiger partial charge in [0.1, 0.15) is 0 Å². The predicted molar refractivity (Wildman–Crippen MR) is 87.9 cm³/mol. The largest absolute Gasteiger partial charge is 0.381 e. The first-order valence-electron chi connectivity index (χ1n) is 6.87. The summed E-state index contributed by atoms with van der Waals surface area (Å²) in [5.41, 5.74) is 2.41. The number of hydrogen-bond acceptors (Lipinski definition) is 1. The molecule has 0 fully saturated rings. The molecule has 0 aliphatic rings. The molecule has 1 nitrogen and oxygen atoms in total. The van der Waals surface area contributed by atoms with Crippen molar-refractivity contribution < 1.29 is 0 Å². The molecule has 0 aliphatic heterocycles. The van der Waals surface area contributed by atoms with E-state index in [9.17, 15) is 0 Å². The summed E-state index contributed by atoms with van der Waals surface area (Å²) in [6.07, 6.45) is 4.29. The first-order chi connectivity index (χ1) is 9.93. The first-order valence-corrected chi connectivity index (χ1v) is 6.87. The highest BCUT2D eigenvalue weighted by Gasteiger charge is 1.97. The van der Waals surface area contributed by atoms with Crippen LogP contribution < -0.4 is 5.32 Å². The van der Waals surface area contributed by atoms with Gasteiger partial charge in [0.25, 0.3) is 0 Å². The minimum absolute atomic E-state index is 0.822. The summed E-state index contributed by atoms with van der Waals surface area (Å²) in [5.74, 6) is 0. The van der Waals surface area contributed by atoms with Gasteiger partial charge < -0.3 is 5.32 Å². The lowest BCUT2D eigenvalue weighted by Crippen LogP contribution is -1.98. The third-order valence-electron chi connectivity index (χ3n) is 3.31. The number of fused-ring (bicyclic) bond motifs is 1. The molecule has 1 N–H and O–H groups in total. The van der Waals surface area contributed by atoms with E-state index < -0.39 is 0 Å². The van der Waals surface area contributed by atoms with E-state index in [1.54, 1.807) is 0 Å². The molecule has 0 spiro atoms. The first kappa shape index (κ1) is 12.5. The highest BCUT2D eigenvalue weighted by molar-refractivity contribution is 5.93. The minimum Gasteiger partial charge on any atom is -0.381 e. The summed E-state index contributed by atoms with van der Waals surface area (Å²) in [6, 6.07) is 25.1. The average Bonchev–Trinajstić information content (AvgIpc) is 2.53. The fraction of sp³-hybridized carbons (Fsp3) is 0.0526. The summed E-state index contributed by atoms with van der Waals surface area (Å²) in [5, 5.41) is 6.01. The van der Waals surface area contributed by atoms with Crippen LogP contribution in [-0.4, -0.2) is 6.54 Å². The number of rotatable bonds is 4. The Balaban J connectivity index is 1.70. The van der Waals surface area contributed by atoms with Gasteiger partial charge in [0, 0.05) is 17.6 Å². The highest BCUT2D eigenvalue weighted by atomic mass is 14.9. The molecule has 20 heavy (non-hydrogen) atoms. The molecule has 0 saturated carbocycles. The molecule has 0 heterocycles. The Morgan fingerprint density at radius 2 is 1.50 bits per heavy atom. The Labute approximate surface area is 119 Å². The fourth-order valence-electron chi connectivity index (χ4n) is 2.31. The summed E-state index contributed by atoms with van der Waals surface area (Å²) < 4.78 is 0. The van der Waals surface area contributed by atoms with E-state index >= 15 is 0 Å². The Kier molecular flexibility index (Phi) is 3.79. The summed E-state index contributed by atoms with van der Waals surface area (Å²) in [7, 11) is 0. The SMILES string of the molecule is C(=C\c1ccccc1)/CNc1cccc2ccccc12. The summed E-state index contributed by atoms with van der Waals surface area (Å²) in [6.45, 7) is 0.822. The van der Waals surface area contributed by atoms with E-state index in [4.69, 9.17) is 0 Å². The van der Waals surface area contributed by atoms with Crippen molar-refractivity contribution in [3.8, 4) is 0 Å². The Bertz CT molecular complexity index is 709. The van der Waals surface area contributed by atoms with Crippen LogP contribution in [-0.2, 0) is 0 Å². The average molecular weight is 259 g/mol. The Morgan fingerprint density at radius 1 is 0.750 bits per heavy atom. The molecular weight excluding hydrogens is 242 g/mol. The number of benzene rings is 3. The van der Waals surface area contributed by atoms with E-state index in [0.29, 0.717) is 0 Å². The van der Waals surface area contributed by atoms with Crippen molar-refractivity contribution >= 4 is 22.5 Å². The third-order valence-corrected chi connectivity index (χ3v) is 3.31. The van der Waals surface area contributed by atoms with Crippen LogP contribution in [0.15, 0.2) is 78.9 Å². The van der Waals surface area contributed by atoms with Crippen molar-refractivity contribution in [1.29, 1.82) is 0 Å². The normalized spacial score (nSPS) is 11.0. The van der Waals surface area contributed by atoms with E-state index in [0.717, 1.165) is 6.54 Å². The van der Waals surface area contributed by atoms with Crippen molar-refractivity contribution in [3.05, 3.63) is 84.4 Å². The summed E-state index contributed by atoms with van der Waals surface area (Å²) in [4.78, 5) is 0. The standard InChI is InChI=1S/C19H17N/c1-2-8-16(9-3-1)10-7-15-20-19-14-6-12-17-11-4-5-13-18(17)19/h1-14,20H,15H2/b10-7+. The quantitative estimate of drug-likeness (QED) is 0.698. The molecule has 3 aromatic rings. The molecule has 0 amide bonds. The van der Waals surface area contributed by atoms with Gasteiger partial charge in [-0.2, -0.15) is 0 Å². The zero-order valence-electron chi connectivity index (χ0n) is 11.3. The van der Waals surface area contributed by atoms with E-state index in [2.05, 4.69) is 84.2 Å². The molecule has 0 aromatic heterocycles. The fourth-order valence-corrected chi connectivity index (χ4v) is 2.31. The second-order valence-corrected chi connectivity index (χ2v) is 4.72. The lowest BCUT2D eigenvalue weighted by atomic mass is 10.1. The maximum Gasteiger partial charge on any atom is 0.0422 e. The molecule has 0 aliphatic carbocycles. The number of hydrogen-bond donors (Lipinski definition) is 1. The second kappa shape index (κ2) is 6.07. The molecule has 0 unspecified atom stereocenters. The third kappa shape index (κ3) is 2.89. The molecule has 1 heteroatoms. The van der Waals surface area contributed by atoms with E-state index in [-0.39, 0.29) is 0 Å². The maximum atomic E-state index is 3.47. The van der Waals surface area contributed by atoms with Gasteiger partial charge in [-0.3, -0.25) is 0 Å². The topological polar surface area (TPSA) is 12.0 Å². The predicted octanol–water partition coefficient (Wildman–Crippen LogP) is 4.97. The maximum absolute atomic E-state index is 3.47. The van der Waals surface area contributed by atoms with Crippen LogP contribution in [0.5, 0.6) is 0 Å². The van der Waals surface area contributed by atoms with Crippen LogP contribution in [0.4, 0.5) is 5.69 Å². The van der Waals surface area contributed by atoms with Crippen molar-refractivity contribution in [1.82, 2.24) is 0 Å². The Hall–Kier alpha value is -2.54. The second-order valence-electron chi connectivity index (χ2n) is 4.72. The van der Waals surface area contributed by atoms with Crippen molar-refractivity contribution in [2.45, 2.75) is 0 Å². The van der Waals surface area contributed by atoms with Crippen molar-refractivity contribution in [2.75, 3.05) is 11.9 Å². The van der Waals surface area contributed by atoms with Crippen LogP contribution in [0.2, 0.25) is 0 Å². The van der Waals surface area contributed by atoms with Gasteiger partial charge >= 0.3 is 0 Å². The van der Waals surface area contributed by atoms with Gasteiger partial charge in [-0.25, -0.2) is 0 Å². The lowest BCUT2D eigenvalue weighted by Gasteiger charge is -2.07. The van der Waals surface area contributed by atoms with Crippen molar-refractivity contribution in [2.24, 2.45) is 0 Å². The van der Waals surface area contributed by atoms with Crippen LogP contribution in [0.1, 0.15) is 5.56 Å². The van der Waals surface area contributed by atoms with Gasteiger partial charge in [0.05, 0.1) is 0 Å². The zero-order valence-corrected chi connectivity index (χ0v) is 11.3. The van der Waals surface area contributed by atoms with E-state index in [1.807, 2.05) is 6.07 Å². The molecule has 3 rings (SSSR count). The molecular formula is C19H17N. The van der Waals surface area contributed by atoms with Crippen molar-refractivity contribution in [3.63, 3.8) is 0 Å². The molecule has 98 valence electrons. The van der Waals surface area contributed by atoms with Crippen LogP contribution in [0.25, 0.3) is 16.8 Å². The smallest absolute Gasteiger partial charge is 0.0422 e. The number of nitrogens with one attached hydrogen (secondary N) is 1. The number of anilines is 1. The summed E-state index contributed by atoms with van der Waals surface area (Å²) >= 11 is 0.